The lowest BCUT2D eigenvalue weighted by molar-refractivity contribution is 0.00468. The van der Waals surface area contributed by atoms with Crippen LogP contribution in [0.2, 0.25) is 0 Å². The van der Waals surface area contributed by atoms with E-state index in [1.54, 1.807) is 0 Å². The number of pyridine rings is 1. The highest BCUT2D eigenvalue weighted by Crippen LogP contribution is 2.27. The van der Waals surface area contributed by atoms with Gasteiger partial charge in [-0.05, 0) is 36.6 Å². The average Bonchev–Trinajstić information content (AvgIpc) is 2.48. The first-order valence-corrected chi connectivity index (χ1v) is 7.52. The Balaban J connectivity index is 1.59. The molecule has 0 amide bonds. The fourth-order valence-corrected chi connectivity index (χ4v) is 3.06. The summed E-state index contributed by atoms with van der Waals surface area (Å²) in [4.78, 5) is 4.33. The van der Waals surface area contributed by atoms with Gasteiger partial charge < -0.3 is 10.4 Å². The molecule has 1 aliphatic carbocycles. The van der Waals surface area contributed by atoms with E-state index in [9.17, 15) is 5.11 Å². The summed E-state index contributed by atoms with van der Waals surface area (Å²) in [6.45, 7) is 1.49. The summed E-state index contributed by atoms with van der Waals surface area (Å²) in [5.41, 5.74) is 1.78. The molecule has 0 unspecified atom stereocenters. The molecule has 106 valence electrons. The van der Waals surface area contributed by atoms with E-state index in [2.05, 4.69) is 34.6 Å². The predicted octanol–water partition coefficient (Wildman–Crippen LogP) is 3.02. The zero-order chi connectivity index (χ0) is 13.8. The third-order valence-electron chi connectivity index (χ3n) is 4.23. The minimum absolute atomic E-state index is 0.489. The van der Waals surface area contributed by atoms with Gasteiger partial charge >= 0.3 is 0 Å². The van der Waals surface area contributed by atoms with Gasteiger partial charge in [-0.15, -0.1) is 0 Å². The first-order chi connectivity index (χ1) is 9.75. The summed E-state index contributed by atoms with van der Waals surface area (Å²) in [6, 6.07) is 10.4. The van der Waals surface area contributed by atoms with Crippen LogP contribution in [0.5, 0.6) is 0 Å². The van der Waals surface area contributed by atoms with E-state index in [4.69, 9.17) is 0 Å². The summed E-state index contributed by atoms with van der Waals surface area (Å²) in [6.07, 6.45) is 7.25. The quantitative estimate of drug-likeness (QED) is 0.897. The lowest BCUT2D eigenvalue weighted by atomic mass is 9.85. The molecule has 0 atom stereocenters. The van der Waals surface area contributed by atoms with Crippen LogP contribution in [0.4, 0.5) is 0 Å². The van der Waals surface area contributed by atoms with Crippen molar-refractivity contribution in [2.75, 3.05) is 6.54 Å². The van der Waals surface area contributed by atoms with Crippen molar-refractivity contribution in [2.24, 2.45) is 0 Å². The summed E-state index contributed by atoms with van der Waals surface area (Å²) in [7, 11) is 0. The van der Waals surface area contributed by atoms with E-state index in [0.717, 1.165) is 37.7 Å². The first-order valence-electron chi connectivity index (χ1n) is 7.52. The monoisotopic (exact) mass is 270 g/mol. The fraction of sp³-hybridized carbons (Fsp3) is 0.471. The molecule has 3 heteroatoms. The minimum Gasteiger partial charge on any atom is -0.389 e. The van der Waals surface area contributed by atoms with Gasteiger partial charge in [0.25, 0.3) is 0 Å². The summed E-state index contributed by atoms with van der Waals surface area (Å²) in [5.74, 6) is 0. The SMILES string of the molecule is OC1(CNCc2ccc3ncccc3c2)CCCCC1. The molecule has 0 spiro atoms. The van der Waals surface area contributed by atoms with Crippen LogP contribution in [0.15, 0.2) is 36.5 Å². The van der Waals surface area contributed by atoms with Crippen molar-refractivity contribution >= 4 is 10.9 Å². The maximum Gasteiger partial charge on any atom is 0.0771 e. The second-order valence-electron chi connectivity index (χ2n) is 5.92. The Morgan fingerprint density at radius 2 is 2.00 bits per heavy atom. The largest absolute Gasteiger partial charge is 0.389 e. The molecule has 1 aromatic carbocycles. The number of aromatic nitrogens is 1. The van der Waals surface area contributed by atoms with Crippen molar-refractivity contribution in [3.63, 3.8) is 0 Å². The van der Waals surface area contributed by atoms with Gasteiger partial charge in [0.2, 0.25) is 0 Å². The molecule has 2 N–H and O–H groups in total. The molecule has 1 aliphatic rings. The number of hydrogen-bond acceptors (Lipinski definition) is 3. The Hall–Kier alpha value is -1.45. The van der Waals surface area contributed by atoms with Crippen LogP contribution in [-0.4, -0.2) is 22.2 Å². The Morgan fingerprint density at radius 3 is 2.85 bits per heavy atom. The van der Waals surface area contributed by atoms with Crippen LogP contribution >= 0.6 is 0 Å². The van der Waals surface area contributed by atoms with Crippen LogP contribution in [0.3, 0.4) is 0 Å². The van der Waals surface area contributed by atoms with E-state index in [0.29, 0.717) is 6.54 Å². The second kappa shape index (κ2) is 5.90. The minimum atomic E-state index is -0.489. The van der Waals surface area contributed by atoms with Crippen molar-refractivity contribution in [3.8, 4) is 0 Å². The third kappa shape index (κ3) is 3.17. The van der Waals surface area contributed by atoms with Gasteiger partial charge in [-0.1, -0.05) is 31.4 Å². The van der Waals surface area contributed by atoms with E-state index in [1.807, 2.05) is 12.3 Å². The number of hydrogen-bond donors (Lipinski definition) is 2. The van der Waals surface area contributed by atoms with Crippen LogP contribution < -0.4 is 5.32 Å². The molecule has 1 saturated carbocycles. The highest BCUT2D eigenvalue weighted by Gasteiger charge is 2.28. The molecule has 1 fully saturated rings. The number of fused-ring (bicyclic) bond motifs is 1. The van der Waals surface area contributed by atoms with E-state index >= 15 is 0 Å². The topological polar surface area (TPSA) is 45.1 Å². The van der Waals surface area contributed by atoms with E-state index < -0.39 is 5.60 Å². The van der Waals surface area contributed by atoms with Crippen molar-refractivity contribution in [2.45, 2.75) is 44.2 Å². The van der Waals surface area contributed by atoms with Gasteiger partial charge in [0.05, 0.1) is 11.1 Å². The van der Waals surface area contributed by atoms with Crippen LogP contribution in [0.1, 0.15) is 37.7 Å². The van der Waals surface area contributed by atoms with Crippen LogP contribution in [0, 0.1) is 0 Å². The number of rotatable bonds is 4. The lowest BCUT2D eigenvalue weighted by Gasteiger charge is -2.32. The smallest absolute Gasteiger partial charge is 0.0771 e. The maximum absolute atomic E-state index is 10.4. The zero-order valence-corrected chi connectivity index (χ0v) is 11.8. The number of nitrogens with one attached hydrogen (secondary N) is 1. The molecule has 20 heavy (non-hydrogen) atoms. The summed E-state index contributed by atoms with van der Waals surface area (Å²) >= 11 is 0. The molecule has 0 bridgehead atoms. The Kier molecular flexibility index (Phi) is 3.99. The number of nitrogens with zero attached hydrogens (tertiary/aromatic N) is 1. The molecular formula is C17H22N2O. The van der Waals surface area contributed by atoms with Gasteiger partial charge in [-0.3, -0.25) is 4.98 Å². The summed E-state index contributed by atoms with van der Waals surface area (Å²) in [5, 5.41) is 15.0. The normalized spacial score (nSPS) is 18.2. The average molecular weight is 270 g/mol. The summed E-state index contributed by atoms with van der Waals surface area (Å²) < 4.78 is 0. The van der Waals surface area contributed by atoms with Crippen molar-refractivity contribution in [3.05, 3.63) is 42.1 Å². The van der Waals surface area contributed by atoms with Crippen molar-refractivity contribution in [1.29, 1.82) is 0 Å². The lowest BCUT2D eigenvalue weighted by Crippen LogP contribution is -2.41. The highest BCUT2D eigenvalue weighted by atomic mass is 16.3. The predicted molar refractivity (Wildman–Crippen MR) is 81.5 cm³/mol. The first kappa shape index (κ1) is 13.5. The molecule has 0 aliphatic heterocycles. The highest BCUT2D eigenvalue weighted by molar-refractivity contribution is 5.78. The molecule has 2 aromatic rings. The van der Waals surface area contributed by atoms with Crippen molar-refractivity contribution in [1.82, 2.24) is 10.3 Å². The fourth-order valence-electron chi connectivity index (χ4n) is 3.06. The molecule has 1 heterocycles. The zero-order valence-electron chi connectivity index (χ0n) is 11.8. The number of benzene rings is 1. The molecule has 1 aromatic heterocycles. The van der Waals surface area contributed by atoms with E-state index in [1.165, 1.54) is 17.4 Å². The van der Waals surface area contributed by atoms with Gasteiger partial charge in [0, 0.05) is 24.7 Å². The number of aliphatic hydroxyl groups is 1. The van der Waals surface area contributed by atoms with Gasteiger partial charge in [0.1, 0.15) is 0 Å². The molecule has 3 rings (SSSR count). The molecule has 3 nitrogen and oxygen atoms in total. The molecule has 0 radical (unpaired) electrons. The Labute approximate surface area is 120 Å². The third-order valence-corrected chi connectivity index (χ3v) is 4.23. The van der Waals surface area contributed by atoms with Gasteiger partial charge in [-0.25, -0.2) is 0 Å². The molecular weight excluding hydrogens is 248 g/mol. The Morgan fingerprint density at radius 1 is 1.15 bits per heavy atom. The van der Waals surface area contributed by atoms with Crippen LogP contribution in [-0.2, 0) is 6.54 Å². The Bertz CT molecular complexity index is 576. The standard InChI is InChI=1S/C17H22N2O/c20-17(8-2-1-3-9-17)13-18-12-14-6-7-16-15(11-14)5-4-10-19-16/h4-7,10-11,18,20H,1-3,8-9,12-13H2. The molecule has 0 saturated heterocycles. The van der Waals surface area contributed by atoms with Gasteiger partial charge in [-0.2, -0.15) is 0 Å². The maximum atomic E-state index is 10.4. The van der Waals surface area contributed by atoms with E-state index in [-0.39, 0.29) is 0 Å². The van der Waals surface area contributed by atoms with Crippen molar-refractivity contribution < 1.29 is 5.11 Å². The van der Waals surface area contributed by atoms with Crippen LogP contribution in [0.25, 0.3) is 10.9 Å². The second-order valence-corrected chi connectivity index (χ2v) is 5.92. The van der Waals surface area contributed by atoms with Gasteiger partial charge in [0.15, 0.2) is 0 Å².